The minimum atomic E-state index is 0.122. The van der Waals surface area contributed by atoms with Crippen molar-refractivity contribution in [3.8, 4) is 11.1 Å². The number of amides is 1. The number of H-pyrrole nitrogens is 1. The summed E-state index contributed by atoms with van der Waals surface area (Å²) < 4.78 is 0. The maximum Gasteiger partial charge on any atom is 0.253 e. The van der Waals surface area contributed by atoms with Crippen LogP contribution in [0.3, 0.4) is 0 Å². The standard InChI is InChI=1S/C27H28N4O/c1-20-7-12-24-25(19-20)29-26(28-24)13-14-30-15-17-31(18-16-30)27(32)23-10-8-22(9-11-23)21-5-3-2-4-6-21/h2-12,19H,13-18H2,1H3,(H,28,29). The second kappa shape index (κ2) is 8.97. The van der Waals surface area contributed by atoms with Gasteiger partial charge in [-0.2, -0.15) is 0 Å². The molecule has 4 aromatic rings. The quantitative estimate of drug-likeness (QED) is 0.512. The van der Waals surface area contributed by atoms with Crippen molar-refractivity contribution in [3.05, 3.63) is 89.7 Å². The molecule has 0 atom stereocenters. The number of piperazine rings is 1. The molecule has 0 saturated carbocycles. The molecule has 0 aliphatic carbocycles. The van der Waals surface area contributed by atoms with Gasteiger partial charge in [-0.25, -0.2) is 4.98 Å². The van der Waals surface area contributed by atoms with Crippen molar-refractivity contribution < 1.29 is 4.79 Å². The molecule has 1 aliphatic heterocycles. The minimum absolute atomic E-state index is 0.122. The zero-order valence-corrected chi connectivity index (χ0v) is 18.4. The molecule has 1 fully saturated rings. The number of benzene rings is 3. The van der Waals surface area contributed by atoms with Crippen LogP contribution in [0.15, 0.2) is 72.8 Å². The first-order chi connectivity index (χ1) is 15.7. The van der Waals surface area contributed by atoms with Crippen LogP contribution in [-0.2, 0) is 6.42 Å². The summed E-state index contributed by atoms with van der Waals surface area (Å²) in [7, 11) is 0. The molecular weight excluding hydrogens is 396 g/mol. The van der Waals surface area contributed by atoms with E-state index < -0.39 is 0 Å². The number of carbonyl (C=O) groups excluding carboxylic acids is 1. The molecule has 0 unspecified atom stereocenters. The molecule has 5 nitrogen and oxygen atoms in total. The summed E-state index contributed by atoms with van der Waals surface area (Å²) >= 11 is 0. The van der Waals surface area contributed by atoms with Gasteiger partial charge in [0.05, 0.1) is 11.0 Å². The van der Waals surface area contributed by atoms with Gasteiger partial charge in [0.1, 0.15) is 5.82 Å². The highest BCUT2D eigenvalue weighted by molar-refractivity contribution is 5.94. The van der Waals surface area contributed by atoms with Gasteiger partial charge >= 0.3 is 0 Å². The molecule has 3 aromatic carbocycles. The lowest BCUT2D eigenvalue weighted by Crippen LogP contribution is -2.49. The number of carbonyl (C=O) groups is 1. The number of aromatic amines is 1. The van der Waals surface area contributed by atoms with Crippen LogP contribution >= 0.6 is 0 Å². The molecule has 5 rings (SSSR count). The highest BCUT2D eigenvalue weighted by Gasteiger charge is 2.22. The Labute approximate surface area is 188 Å². The van der Waals surface area contributed by atoms with E-state index in [4.69, 9.17) is 4.98 Å². The van der Waals surface area contributed by atoms with Crippen LogP contribution < -0.4 is 0 Å². The third-order valence-electron chi connectivity index (χ3n) is 6.25. The lowest BCUT2D eigenvalue weighted by atomic mass is 10.0. The van der Waals surface area contributed by atoms with Gasteiger partial charge in [-0.05, 0) is 47.9 Å². The molecule has 5 heteroatoms. The van der Waals surface area contributed by atoms with E-state index in [1.807, 2.05) is 47.4 Å². The zero-order valence-electron chi connectivity index (χ0n) is 18.4. The Morgan fingerprint density at radius 3 is 2.38 bits per heavy atom. The molecule has 1 aromatic heterocycles. The average Bonchev–Trinajstić information content (AvgIpc) is 3.25. The molecule has 1 amide bonds. The number of aryl methyl sites for hydroxylation is 1. The fraction of sp³-hybridized carbons (Fsp3) is 0.259. The number of aromatic nitrogens is 2. The Kier molecular flexibility index (Phi) is 5.73. The smallest absolute Gasteiger partial charge is 0.253 e. The van der Waals surface area contributed by atoms with Gasteiger partial charge in [-0.3, -0.25) is 9.69 Å². The molecule has 1 N–H and O–H groups in total. The number of hydrogen-bond acceptors (Lipinski definition) is 3. The Hall–Kier alpha value is -3.44. The van der Waals surface area contributed by atoms with Gasteiger partial charge < -0.3 is 9.88 Å². The van der Waals surface area contributed by atoms with E-state index in [0.29, 0.717) is 0 Å². The number of nitrogens with one attached hydrogen (secondary N) is 1. The van der Waals surface area contributed by atoms with Crippen LogP contribution in [0, 0.1) is 6.92 Å². The van der Waals surface area contributed by atoms with Crippen molar-refractivity contribution in [2.45, 2.75) is 13.3 Å². The van der Waals surface area contributed by atoms with Gasteiger partial charge in [0, 0.05) is 44.7 Å². The first-order valence-electron chi connectivity index (χ1n) is 11.3. The molecule has 32 heavy (non-hydrogen) atoms. The summed E-state index contributed by atoms with van der Waals surface area (Å²) in [4.78, 5) is 25.5. The van der Waals surface area contributed by atoms with E-state index in [-0.39, 0.29) is 5.91 Å². The number of nitrogens with zero attached hydrogens (tertiary/aromatic N) is 3. The summed E-state index contributed by atoms with van der Waals surface area (Å²) in [5.41, 5.74) is 6.43. The van der Waals surface area contributed by atoms with Crippen molar-refractivity contribution >= 4 is 16.9 Å². The number of imidazole rings is 1. The van der Waals surface area contributed by atoms with E-state index in [9.17, 15) is 4.79 Å². The lowest BCUT2D eigenvalue weighted by molar-refractivity contribution is 0.0638. The monoisotopic (exact) mass is 424 g/mol. The third-order valence-corrected chi connectivity index (χ3v) is 6.25. The molecule has 2 heterocycles. The Morgan fingerprint density at radius 2 is 1.62 bits per heavy atom. The summed E-state index contributed by atoms with van der Waals surface area (Å²) in [6.45, 7) is 6.36. The van der Waals surface area contributed by atoms with Gasteiger partial charge in [0.2, 0.25) is 0 Å². The maximum absolute atomic E-state index is 13.0. The van der Waals surface area contributed by atoms with E-state index >= 15 is 0 Å². The predicted molar refractivity (Wildman–Crippen MR) is 129 cm³/mol. The Bertz CT molecular complexity index is 1210. The summed E-state index contributed by atoms with van der Waals surface area (Å²) in [5.74, 6) is 1.15. The lowest BCUT2D eigenvalue weighted by Gasteiger charge is -2.34. The molecular formula is C27H28N4O. The summed E-state index contributed by atoms with van der Waals surface area (Å²) in [5, 5.41) is 0. The highest BCUT2D eigenvalue weighted by Crippen LogP contribution is 2.20. The molecule has 0 spiro atoms. The molecule has 162 valence electrons. The minimum Gasteiger partial charge on any atom is -0.342 e. The Balaban J connectivity index is 1.14. The van der Waals surface area contributed by atoms with E-state index in [1.165, 1.54) is 11.1 Å². The second-order valence-electron chi connectivity index (χ2n) is 8.53. The number of fused-ring (bicyclic) bond motifs is 1. The van der Waals surface area contributed by atoms with E-state index in [0.717, 1.165) is 67.1 Å². The number of rotatable bonds is 5. The first kappa shape index (κ1) is 20.5. The zero-order chi connectivity index (χ0) is 21.9. The molecule has 1 saturated heterocycles. The van der Waals surface area contributed by atoms with E-state index in [2.05, 4.69) is 47.1 Å². The van der Waals surface area contributed by atoms with Crippen molar-refractivity contribution in [2.24, 2.45) is 0 Å². The van der Waals surface area contributed by atoms with Crippen LogP contribution in [0.1, 0.15) is 21.7 Å². The van der Waals surface area contributed by atoms with Crippen molar-refractivity contribution in [1.29, 1.82) is 0 Å². The summed E-state index contributed by atoms with van der Waals surface area (Å²) in [6, 6.07) is 24.5. The first-order valence-corrected chi connectivity index (χ1v) is 11.3. The van der Waals surface area contributed by atoms with Gasteiger partial charge in [-0.15, -0.1) is 0 Å². The number of hydrogen-bond donors (Lipinski definition) is 1. The largest absolute Gasteiger partial charge is 0.342 e. The van der Waals surface area contributed by atoms with Gasteiger partial charge in [-0.1, -0.05) is 48.5 Å². The molecule has 0 bridgehead atoms. The van der Waals surface area contributed by atoms with E-state index in [1.54, 1.807) is 0 Å². The molecule has 1 aliphatic rings. The van der Waals surface area contributed by atoms with Crippen molar-refractivity contribution in [1.82, 2.24) is 19.8 Å². The van der Waals surface area contributed by atoms with Crippen LogP contribution in [0.4, 0.5) is 0 Å². The molecule has 0 radical (unpaired) electrons. The average molecular weight is 425 g/mol. The third kappa shape index (κ3) is 4.43. The van der Waals surface area contributed by atoms with Gasteiger partial charge in [0.15, 0.2) is 0 Å². The van der Waals surface area contributed by atoms with Crippen LogP contribution in [0.2, 0.25) is 0 Å². The summed E-state index contributed by atoms with van der Waals surface area (Å²) in [6.07, 6.45) is 0.891. The fourth-order valence-corrected chi connectivity index (χ4v) is 4.35. The van der Waals surface area contributed by atoms with Crippen LogP contribution in [-0.4, -0.2) is 58.4 Å². The van der Waals surface area contributed by atoms with Crippen LogP contribution in [0.5, 0.6) is 0 Å². The van der Waals surface area contributed by atoms with Gasteiger partial charge in [0.25, 0.3) is 5.91 Å². The highest BCUT2D eigenvalue weighted by atomic mass is 16.2. The normalized spacial score (nSPS) is 14.7. The fourth-order valence-electron chi connectivity index (χ4n) is 4.35. The Morgan fingerprint density at radius 1 is 0.906 bits per heavy atom. The van der Waals surface area contributed by atoms with Crippen molar-refractivity contribution in [2.75, 3.05) is 32.7 Å². The topological polar surface area (TPSA) is 52.2 Å². The predicted octanol–water partition coefficient (Wildman–Crippen LogP) is 4.54. The second-order valence-corrected chi connectivity index (χ2v) is 8.53. The SMILES string of the molecule is Cc1ccc2nc(CCN3CCN(C(=O)c4ccc(-c5ccccc5)cc4)CC3)[nH]c2c1. The van der Waals surface area contributed by atoms with Crippen LogP contribution in [0.25, 0.3) is 22.2 Å². The van der Waals surface area contributed by atoms with Crippen molar-refractivity contribution in [3.63, 3.8) is 0 Å². The maximum atomic E-state index is 13.0.